The van der Waals surface area contributed by atoms with Gasteiger partial charge in [-0.15, -0.1) is 0 Å². The number of Topliss-reactive ketones (excluding diaryl/α,β-unsaturated/α-hetero) is 1. The van der Waals surface area contributed by atoms with Crippen molar-refractivity contribution in [3.05, 3.63) is 0 Å². The van der Waals surface area contributed by atoms with Crippen LogP contribution >= 0.6 is 0 Å². The zero-order valence-corrected chi connectivity index (χ0v) is 29.9. The minimum absolute atomic E-state index is 0.0165. The molecule has 3 saturated heterocycles. The van der Waals surface area contributed by atoms with Crippen molar-refractivity contribution in [1.82, 2.24) is 0 Å². The Kier molecular flexibility index (Phi) is 20.0. The van der Waals surface area contributed by atoms with E-state index in [-0.39, 0.29) is 119 Å². The predicted molar refractivity (Wildman–Crippen MR) is 177 cm³/mol. The van der Waals surface area contributed by atoms with Crippen molar-refractivity contribution in [3.8, 4) is 0 Å². The van der Waals surface area contributed by atoms with E-state index in [2.05, 4.69) is 0 Å². The fourth-order valence-corrected chi connectivity index (χ4v) is 5.68. The molecule has 3 rings (SSSR count). The number of esters is 5. The van der Waals surface area contributed by atoms with Gasteiger partial charge >= 0.3 is 29.8 Å². The van der Waals surface area contributed by atoms with Gasteiger partial charge in [-0.3, -0.25) is 28.8 Å². The van der Waals surface area contributed by atoms with Gasteiger partial charge in [-0.2, -0.15) is 0 Å². The minimum atomic E-state index is -0.489. The summed E-state index contributed by atoms with van der Waals surface area (Å²) in [6.45, 7) is 2.29. The molecule has 3 heterocycles. The van der Waals surface area contributed by atoms with E-state index in [1.165, 1.54) is 7.11 Å². The summed E-state index contributed by atoms with van der Waals surface area (Å²) in [4.78, 5) is 73.0. The molecule has 6 unspecified atom stereocenters. The van der Waals surface area contributed by atoms with Crippen LogP contribution in [0.3, 0.4) is 0 Å². The Morgan fingerprint density at radius 3 is 1.39 bits per heavy atom. The lowest BCUT2D eigenvalue weighted by atomic mass is 9.97. The largest absolute Gasteiger partial charge is 0.469 e. The number of methoxy groups -OCH3 is 1. The molecule has 3 aliphatic rings. The maximum absolute atomic E-state index is 12.9. The number of carbonyl (C=O) groups excluding carboxylic acids is 6. The van der Waals surface area contributed by atoms with Crippen LogP contribution in [0.25, 0.3) is 0 Å². The van der Waals surface area contributed by atoms with E-state index in [4.69, 9.17) is 43.0 Å². The number of unbranched alkanes of at least 4 members (excludes halogenated alkanes) is 1. The quantitative estimate of drug-likeness (QED) is 0.0471. The zero-order valence-electron chi connectivity index (χ0n) is 29.9. The summed E-state index contributed by atoms with van der Waals surface area (Å²) in [6.07, 6.45) is 5.97. The minimum Gasteiger partial charge on any atom is -0.469 e. The lowest BCUT2D eigenvalue weighted by Gasteiger charge is -2.18. The van der Waals surface area contributed by atoms with Gasteiger partial charge in [0.25, 0.3) is 0 Å². The van der Waals surface area contributed by atoms with Crippen LogP contribution < -0.4 is 0 Å². The van der Waals surface area contributed by atoms with Crippen molar-refractivity contribution in [1.29, 1.82) is 0 Å². The third-order valence-electron chi connectivity index (χ3n) is 8.93. The normalized spacial score (nSPS) is 20.3. The SMILES string of the molecule is COC(=O)C(CCCOC(=O)C(CCCOC(=O)C(CCCOC(=O)CCCCOC(=O)CCC(=O)CCO)CC1CO1)CC1CO1)CC1CO1. The maximum Gasteiger partial charge on any atom is 0.309 e. The summed E-state index contributed by atoms with van der Waals surface area (Å²) in [7, 11) is 1.36. The molecule has 6 atom stereocenters. The summed E-state index contributed by atoms with van der Waals surface area (Å²) < 4.78 is 42.3. The van der Waals surface area contributed by atoms with Gasteiger partial charge in [0.15, 0.2) is 0 Å². The highest BCUT2D eigenvalue weighted by Crippen LogP contribution is 2.27. The number of ether oxygens (including phenoxy) is 8. The fourth-order valence-electron chi connectivity index (χ4n) is 5.68. The Labute approximate surface area is 299 Å². The zero-order chi connectivity index (χ0) is 36.8. The Morgan fingerprint density at radius 1 is 0.549 bits per heavy atom. The molecule has 51 heavy (non-hydrogen) atoms. The van der Waals surface area contributed by atoms with E-state index in [0.717, 1.165) is 0 Å². The lowest BCUT2D eigenvalue weighted by molar-refractivity contribution is -0.150. The molecule has 0 amide bonds. The molecule has 0 spiro atoms. The van der Waals surface area contributed by atoms with Crippen molar-refractivity contribution in [2.24, 2.45) is 17.8 Å². The number of carbonyl (C=O) groups is 6. The molecule has 0 aromatic heterocycles. The number of ketones is 1. The van der Waals surface area contributed by atoms with Crippen LogP contribution in [-0.2, 0) is 66.7 Å². The number of hydrogen-bond donors (Lipinski definition) is 1. The Bertz CT molecular complexity index is 1100. The van der Waals surface area contributed by atoms with Gasteiger partial charge < -0.3 is 43.0 Å². The fraction of sp³-hybridized carbons (Fsp3) is 0.833. The smallest absolute Gasteiger partial charge is 0.309 e. The Hall–Kier alpha value is -3.14. The van der Waals surface area contributed by atoms with E-state index in [1.807, 2.05) is 0 Å². The first-order valence-electron chi connectivity index (χ1n) is 18.4. The van der Waals surface area contributed by atoms with Gasteiger partial charge in [-0.25, -0.2) is 0 Å². The first kappa shape index (κ1) is 42.3. The van der Waals surface area contributed by atoms with E-state index in [9.17, 15) is 28.8 Å². The second kappa shape index (κ2) is 24.2. The Morgan fingerprint density at radius 2 is 0.961 bits per heavy atom. The second-order valence-electron chi connectivity index (χ2n) is 13.4. The van der Waals surface area contributed by atoms with E-state index in [0.29, 0.717) is 90.4 Å². The average molecular weight is 729 g/mol. The number of hydrogen-bond acceptors (Lipinski definition) is 15. The molecule has 15 heteroatoms. The van der Waals surface area contributed by atoms with Crippen LogP contribution in [0.5, 0.6) is 0 Å². The highest BCUT2D eigenvalue weighted by molar-refractivity contribution is 5.83. The van der Waals surface area contributed by atoms with E-state index < -0.39 is 11.9 Å². The number of rotatable bonds is 31. The molecule has 0 bridgehead atoms. The summed E-state index contributed by atoms with van der Waals surface area (Å²) in [5, 5.41) is 8.72. The Balaban J connectivity index is 1.26. The predicted octanol–water partition coefficient (Wildman–Crippen LogP) is 2.79. The maximum atomic E-state index is 12.9. The molecular weight excluding hydrogens is 672 g/mol. The molecule has 15 nitrogen and oxygen atoms in total. The monoisotopic (exact) mass is 728 g/mol. The molecule has 0 radical (unpaired) electrons. The highest BCUT2D eigenvalue weighted by atomic mass is 16.6. The van der Waals surface area contributed by atoms with Gasteiger partial charge in [-0.1, -0.05) is 0 Å². The molecule has 0 aliphatic carbocycles. The van der Waals surface area contributed by atoms with Crippen LogP contribution in [0.15, 0.2) is 0 Å². The molecule has 1 N–H and O–H groups in total. The lowest BCUT2D eigenvalue weighted by Crippen LogP contribution is -2.23. The van der Waals surface area contributed by atoms with Gasteiger partial charge in [0.2, 0.25) is 0 Å². The average Bonchev–Trinajstić information content (AvgIpc) is 3.95. The summed E-state index contributed by atoms with van der Waals surface area (Å²) >= 11 is 0. The van der Waals surface area contributed by atoms with Gasteiger partial charge in [0, 0.05) is 25.9 Å². The number of aliphatic hydroxyl groups is 1. The molecule has 3 aliphatic heterocycles. The van der Waals surface area contributed by atoms with Gasteiger partial charge in [0.1, 0.15) is 5.78 Å². The molecule has 0 aromatic carbocycles. The topological polar surface area (TPSA) is 206 Å². The second-order valence-corrected chi connectivity index (χ2v) is 13.4. The van der Waals surface area contributed by atoms with Crippen molar-refractivity contribution in [2.75, 3.05) is 60.0 Å². The molecular formula is C36H56O15. The van der Waals surface area contributed by atoms with E-state index >= 15 is 0 Å². The van der Waals surface area contributed by atoms with Crippen LogP contribution in [0, 0.1) is 17.8 Å². The van der Waals surface area contributed by atoms with Crippen molar-refractivity contribution in [2.45, 2.75) is 115 Å². The summed E-state index contributed by atoms with van der Waals surface area (Å²) in [5.41, 5.74) is 0. The third kappa shape index (κ3) is 19.9. The first-order valence-corrected chi connectivity index (χ1v) is 18.4. The van der Waals surface area contributed by atoms with Gasteiger partial charge in [0.05, 0.1) is 95.8 Å². The molecule has 290 valence electrons. The number of aliphatic hydroxyl groups excluding tert-OH is 1. The van der Waals surface area contributed by atoms with Crippen LogP contribution in [-0.4, -0.2) is 119 Å². The highest BCUT2D eigenvalue weighted by Gasteiger charge is 2.34. The summed E-state index contributed by atoms with van der Waals surface area (Å²) in [6, 6.07) is 0. The third-order valence-corrected chi connectivity index (χ3v) is 8.93. The number of epoxide rings is 3. The van der Waals surface area contributed by atoms with Crippen molar-refractivity contribution < 1.29 is 71.8 Å². The van der Waals surface area contributed by atoms with Crippen molar-refractivity contribution in [3.63, 3.8) is 0 Å². The van der Waals surface area contributed by atoms with Crippen LogP contribution in [0.1, 0.15) is 96.3 Å². The molecule has 0 saturated carbocycles. The van der Waals surface area contributed by atoms with Crippen LogP contribution in [0.4, 0.5) is 0 Å². The standard InChI is InChI=1S/C36H56O15/c1-44-34(41)25(19-29-22-49-29)7-5-17-47-36(43)27(21-31-24-51-31)9-6-18-48-35(42)26(20-30-23-50-30)8-4-16-46-32(39)10-2-3-15-45-33(40)12-11-28(38)13-14-37/h25-27,29-31,37H,2-24H2,1H3. The van der Waals surface area contributed by atoms with Crippen molar-refractivity contribution >= 4 is 35.6 Å². The van der Waals surface area contributed by atoms with E-state index in [1.54, 1.807) is 0 Å². The molecule has 3 fully saturated rings. The van der Waals surface area contributed by atoms with Gasteiger partial charge in [-0.05, 0) is 70.6 Å². The summed E-state index contributed by atoms with van der Waals surface area (Å²) in [5.74, 6) is -3.07. The molecule has 0 aromatic rings. The first-order chi connectivity index (χ1) is 24.7. The van der Waals surface area contributed by atoms with Crippen LogP contribution in [0.2, 0.25) is 0 Å².